The molecule has 86 valence electrons. The predicted molar refractivity (Wildman–Crippen MR) is 69.1 cm³/mol. The van der Waals surface area contributed by atoms with Gasteiger partial charge in [-0.25, -0.2) is 4.98 Å². The quantitative estimate of drug-likeness (QED) is 0.867. The summed E-state index contributed by atoms with van der Waals surface area (Å²) in [6, 6.07) is 6.69. The Morgan fingerprint density at radius 3 is 2.88 bits per heavy atom. The van der Waals surface area contributed by atoms with E-state index in [0.29, 0.717) is 21.0 Å². The summed E-state index contributed by atoms with van der Waals surface area (Å²) in [6.45, 7) is 0. The van der Waals surface area contributed by atoms with Crippen molar-refractivity contribution in [3.63, 3.8) is 0 Å². The van der Waals surface area contributed by atoms with Crippen molar-refractivity contribution < 1.29 is 4.79 Å². The fourth-order valence-corrected chi connectivity index (χ4v) is 1.69. The number of pyridine rings is 2. The van der Waals surface area contributed by atoms with Gasteiger partial charge >= 0.3 is 0 Å². The average molecular weight is 313 g/mol. The largest absolute Gasteiger partial charge is 0.318 e. The molecule has 2 heterocycles. The Balaban J connectivity index is 2.20. The van der Waals surface area contributed by atoms with Crippen molar-refractivity contribution in [2.24, 2.45) is 0 Å². The van der Waals surface area contributed by atoms with Crippen LogP contribution >= 0.6 is 27.5 Å². The van der Waals surface area contributed by atoms with Gasteiger partial charge in [-0.15, -0.1) is 0 Å². The number of nitrogens with zero attached hydrogens (tertiary/aromatic N) is 2. The van der Waals surface area contributed by atoms with E-state index >= 15 is 0 Å². The lowest BCUT2D eigenvalue weighted by atomic mass is 10.3. The van der Waals surface area contributed by atoms with E-state index in [2.05, 4.69) is 31.2 Å². The molecule has 0 aliphatic heterocycles. The molecular formula is C11H7BrClN3O. The molecule has 0 spiro atoms. The summed E-state index contributed by atoms with van der Waals surface area (Å²) in [5, 5.41) is 3.07. The fraction of sp³-hybridized carbons (Fsp3) is 0. The van der Waals surface area contributed by atoms with E-state index in [0.717, 1.165) is 0 Å². The SMILES string of the molecule is O=C(Nc1cnccc1Cl)c1cccc(Br)n1. The zero-order valence-electron chi connectivity index (χ0n) is 8.52. The van der Waals surface area contributed by atoms with Crippen LogP contribution in [0, 0.1) is 0 Å². The Hall–Kier alpha value is -1.46. The molecule has 0 unspecified atom stereocenters. The topological polar surface area (TPSA) is 54.9 Å². The summed E-state index contributed by atoms with van der Waals surface area (Å²) in [5.41, 5.74) is 0.764. The summed E-state index contributed by atoms with van der Waals surface area (Å²) in [4.78, 5) is 19.8. The molecule has 0 fully saturated rings. The van der Waals surface area contributed by atoms with E-state index in [1.54, 1.807) is 30.5 Å². The zero-order valence-corrected chi connectivity index (χ0v) is 10.9. The molecule has 0 saturated carbocycles. The first kappa shape index (κ1) is 12.0. The Labute approximate surface area is 111 Å². The summed E-state index contributed by atoms with van der Waals surface area (Å²) in [5.74, 6) is -0.332. The molecule has 2 rings (SSSR count). The van der Waals surface area contributed by atoms with Crippen molar-refractivity contribution in [2.75, 3.05) is 5.32 Å². The van der Waals surface area contributed by atoms with E-state index in [1.807, 2.05) is 0 Å². The van der Waals surface area contributed by atoms with Gasteiger partial charge in [0.15, 0.2) is 0 Å². The standard InChI is InChI=1S/C11H7BrClN3O/c12-10-3-1-2-8(15-10)11(17)16-9-6-14-5-4-7(9)13/h1-6H,(H,16,17). The Kier molecular flexibility index (Phi) is 3.71. The maximum Gasteiger partial charge on any atom is 0.274 e. The van der Waals surface area contributed by atoms with Crippen LogP contribution in [0.5, 0.6) is 0 Å². The number of carbonyl (C=O) groups is 1. The molecule has 6 heteroatoms. The molecule has 0 saturated heterocycles. The number of rotatable bonds is 2. The molecule has 1 N–H and O–H groups in total. The van der Waals surface area contributed by atoms with Crippen molar-refractivity contribution in [1.29, 1.82) is 0 Å². The van der Waals surface area contributed by atoms with Crippen LogP contribution in [0.2, 0.25) is 5.02 Å². The minimum Gasteiger partial charge on any atom is -0.318 e. The minimum absolute atomic E-state index is 0.305. The Bertz CT molecular complexity index is 562. The number of hydrogen-bond acceptors (Lipinski definition) is 3. The molecule has 0 aliphatic rings. The van der Waals surface area contributed by atoms with Gasteiger partial charge in [-0.05, 0) is 34.1 Å². The molecule has 0 radical (unpaired) electrons. The van der Waals surface area contributed by atoms with Crippen molar-refractivity contribution in [2.45, 2.75) is 0 Å². The molecule has 17 heavy (non-hydrogen) atoms. The van der Waals surface area contributed by atoms with Gasteiger partial charge < -0.3 is 5.32 Å². The van der Waals surface area contributed by atoms with Crippen molar-refractivity contribution >= 4 is 39.1 Å². The third kappa shape index (κ3) is 3.01. The summed E-state index contributed by atoms with van der Waals surface area (Å²) in [7, 11) is 0. The lowest BCUT2D eigenvalue weighted by molar-refractivity contribution is 0.102. The molecule has 2 aromatic rings. The van der Waals surface area contributed by atoms with Gasteiger partial charge in [-0.3, -0.25) is 9.78 Å². The molecule has 4 nitrogen and oxygen atoms in total. The molecule has 0 aromatic carbocycles. The van der Waals surface area contributed by atoms with Gasteiger partial charge in [0.1, 0.15) is 10.3 Å². The van der Waals surface area contributed by atoms with Crippen molar-refractivity contribution in [1.82, 2.24) is 9.97 Å². The highest BCUT2D eigenvalue weighted by atomic mass is 79.9. The molecule has 1 amide bonds. The molecule has 0 atom stereocenters. The maximum absolute atomic E-state index is 11.8. The normalized spacial score (nSPS) is 10.0. The predicted octanol–water partition coefficient (Wildman–Crippen LogP) is 3.14. The van der Waals surface area contributed by atoms with Gasteiger partial charge in [0.05, 0.1) is 16.9 Å². The van der Waals surface area contributed by atoms with E-state index < -0.39 is 0 Å². The van der Waals surface area contributed by atoms with Crippen LogP contribution in [-0.4, -0.2) is 15.9 Å². The first-order valence-corrected chi connectivity index (χ1v) is 5.87. The van der Waals surface area contributed by atoms with Crippen LogP contribution in [0.15, 0.2) is 41.3 Å². The Morgan fingerprint density at radius 2 is 2.18 bits per heavy atom. The number of aromatic nitrogens is 2. The lowest BCUT2D eigenvalue weighted by Crippen LogP contribution is -2.14. The second-order valence-corrected chi connectivity index (χ2v) is 4.37. The molecule has 2 aromatic heterocycles. The van der Waals surface area contributed by atoms with Crippen LogP contribution < -0.4 is 5.32 Å². The van der Waals surface area contributed by atoms with Gasteiger partial charge in [-0.1, -0.05) is 17.7 Å². The second kappa shape index (κ2) is 5.25. The van der Waals surface area contributed by atoms with Crippen LogP contribution in [0.1, 0.15) is 10.5 Å². The number of anilines is 1. The van der Waals surface area contributed by atoms with Gasteiger partial charge in [0.25, 0.3) is 5.91 Å². The second-order valence-electron chi connectivity index (χ2n) is 3.16. The smallest absolute Gasteiger partial charge is 0.274 e. The highest BCUT2D eigenvalue weighted by molar-refractivity contribution is 9.10. The minimum atomic E-state index is -0.332. The maximum atomic E-state index is 11.8. The van der Waals surface area contributed by atoms with E-state index in [9.17, 15) is 4.79 Å². The monoisotopic (exact) mass is 311 g/mol. The summed E-state index contributed by atoms with van der Waals surface area (Å²) >= 11 is 9.10. The molecule has 0 bridgehead atoms. The third-order valence-corrected chi connectivity index (χ3v) is 2.74. The van der Waals surface area contributed by atoms with E-state index in [-0.39, 0.29) is 5.91 Å². The number of nitrogens with one attached hydrogen (secondary N) is 1. The highest BCUT2D eigenvalue weighted by Crippen LogP contribution is 2.19. The van der Waals surface area contributed by atoms with Crippen LogP contribution in [0.4, 0.5) is 5.69 Å². The van der Waals surface area contributed by atoms with Crippen molar-refractivity contribution in [3.8, 4) is 0 Å². The summed E-state index contributed by atoms with van der Waals surface area (Å²) < 4.78 is 0.599. The first-order valence-electron chi connectivity index (χ1n) is 4.70. The van der Waals surface area contributed by atoms with Gasteiger partial charge in [0.2, 0.25) is 0 Å². The van der Waals surface area contributed by atoms with Crippen LogP contribution in [0.3, 0.4) is 0 Å². The Morgan fingerprint density at radius 1 is 1.35 bits per heavy atom. The van der Waals surface area contributed by atoms with Crippen molar-refractivity contribution in [3.05, 3.63) is 52.0 Å². The van der Waals surface area contributed by atoms with Crippen LogP contribution in [0.25, 0.3) is 0 Å². The van der Waals surface area contributed by atoms with E-state index in [4.69, 9.17) is 11.6 Å². The van der Waals surface area contributed by atoms with Gasteiger partial charge in [0, 0.05) is 6.20 Å². The number of halogens is 2. The van der Waals surface area contributed by atoms with E-state index in [1.165, 1.54) is 6.20 Å². The zero-order chi connectivity index (χ0) is 12.3. The third-order valence-electron chi connectivity index (χ3n) is 1.96. The molecule has 0 aliphatic carbocycles. The number of carbonyl (C=O) groups excluding carboxylic acids is 1. The van der Waals surface area contributed by atoms with Crippen LogP contribution in [-0.2, 0) is 0 Å². The van der Waals surface area contributed by atoms with Gasteiger partial charge in [-0.2, -0.15) is 0 Å². The summed E-state index contributed by atoms with van der Waals surface area (Å²) in [6.07, 6.45) is 3.04. The number of hydrogen-bond donors (Lipinski definition) is 1. The first-order chi connectivity index (χ1) is 8.16. The highest BCUT2D eigenvalue weighted by Gasteiger charge is 2.09. The average Bonchev–Trinajstić information content (AvgIpc) is 2.32. The number of amides is 1. The fourth-order valence-electron chi connectivity index (χ4n) is 1.19. The molecular weight excluding hydrogens is 305 g/mol. The lowest BCUT2D eigenvalue weighted by Gasteiger charge is -2.05.